The summed E-state index contributed by atoms with van der Waals surface area (Å²) in [5, 5.41) is 16.7. The number of rotatable bonds is 9. The quantitative estimate of drug-likeness (QED) is 0.483. The van der Waals surface area contributed by atoms with E-state index in [4.69, 9.17) is 19.7 Å². The first kappa shape index (κ1) is 18.1. The van der Waals surface area contributed by atoms with Crippen molar-refractivity contribution in [3.05, 3.63) is 37.5 Å². The van der Waals surface area contributed by atoms with Crippen molar-refractivity contribution in [2.45, 2.75) is 26.2 Å². The highest BCUT2D eigenvalue weighted by molar-refractivity contribution is 4.79. The zero-order chi connectivity index (χ0) is 13.2. The highest BCUT2D eigenvalue weighted by Crippen LogP contribution is 1.86. The molecule has 0 amide bonds. The molecule has 4 heteroatoms. The first-order valence-corrected chi connectivity index (χ1v) is 5.73. The minimum Gasteiger partial charge on any atom is -0.502 e. The molecule has 0 aromatic rings. The molecule has 17 heavy (non-hydrogen) atoms. The van der Waals surface area contributed by atoms with Crippen LogP contribution in [0, 0.1) is 0 Å². The molecule has 4 nitrogen and oxygen atoms in total. The molecular weight excluding hydrogens is 220 g/mol. The van der Waals surface area contributed by atoms with Gasteiger partial charge in [-0.15, -0.1) is 0 Å². The summed E-state index contributed by atoms with van der Waals surface area (Å²) in [5.74, 6) is 0. The molecule has 100 valence electrons. The molecule has 0 saturated carbocycles. The molecule has 0 atom stereocenters. The first-order chi connectivity index (χ1) is 8.33. The largest absolute Gasteiger partial charge is 0.502 e. The van der Waals surface area contributed by atoms with Gasteiger partial charge in [0.15, 0.2) is 0 Å². The van der Waals surface area contributed by atoms with E-state index in [1.165, 1.54) is 18.8 Å². The van der Waals surface area contributed by atoms with Crippen molar-refractivity contribution in [3.63, 3.8) is 0 Å². The molecule has 0 aliphatic heterocycles. The summed E-state index contributed by atoms with van der Waals surface area (Å²) in [5.41, 5.74) is 0. The van der Waals surface area contributed by atoms with Gasteiger partial charge in [0, 0.05) is 13.2 Å². The lowest BCUT2D eigenvalue weighted by molar-refractivity contribution is 0.251. The van der Waals surface area contributed by atoms with Crippen LogP contribution < -0.4 is 0 Å². The second-order valence-corrected chi connectivity index (χ2v) is 2.94. The molecule has 0 rings (SSSR count). The Bertz CT molecular complexity index is 174. The summed E-state index contributed by atoms with van der Waals surface area (Å²) >= 11 is 0. The van der Waals surface area contributed by atoms with Crippen LogP contribution in [0.15, 0.2) is 37.5 Å². The second kappa shape index (κ2) is 20.2. The zero-order valence-corrected chi connectivity index (χ0v) is 10.5. The van der Waals surface area contributed by atoms with Gasteiger partial charge in [0.1, 0.15) is 0 Å². The SMILES string of the molecule is C=COCCC.OCCC=COC=CCCO. The molecule has 0 aliphatic rings. The van der Waals surface area contributed by atoms with E-state index in [0.29, 0.717) is 12.8 Å². The van der Waals surface area contributed by atoms with Crippen LogP contribution in [0.3, 0.4) is 0 Å². The smallest absolute Gasteiger partial charge is 0.0870 e. The molecule has 0 unspecified atom stereocenters. The van der Waals surface area contributed by atoms with E-state index in [0.717, 1.165) is 13.0 Å². The Morgan fingerprint density at radius 1 is 1.06 bits per heavy atom. The van der Waals surface area contributed by atoms with Gasteiger partial charge in [-0.05, 0) is 31.4 Å². The monoisotopic (exact) mass is 244 g/mol. The van der Waals surface area contributed by atoms with Gasteiger partial charge in [-0.3, -0.25) is 0 Å². The van der Waals surface area contributed by atoms with Gasteiger partial charge in [0.25, 0.3) is 0 Å². The molecule has 0 aromatic carbocycles. The third kappa shape index (κ3) is 25.2. The van der Waals surface area contributed by atoms with Crippen LogP contribution in [0.1, 0.15) is 26.2 Å². The lowest BCUT2D eigenvalue weighted by Gasteiger charge is -1.90. The van der Waals surface area contributed by atoms with E-state index in [1.807, 2.05) is 0 Å². The lowest BCUT2D eigenvalue weighted by Crippen LogP contribution is -1.79. The van der Waals surface area contributed by atoms with Crippen molar-refractivity contribution in [2.75, 3.05) is 19.8 Å². The molecule has 0 fully saturated rings. The highest BCUT2D eigenvalue weighted by atomic mass is 16.5. The van der Waals surface area contributed by atoms with Crippen molar-refractivity contribution in [1.29, 1.82) is 0 Å². The number of aliphatic hydroxyl groups excluding tert-OH is 2. The van der Waals surface area contributed by atoms with Crippen LogP contribution in [0.2, 0.25) is 0 Å². The predicted octanol–water partition coefficient (Wildman–Crippen LogP) is 2.35. The van der Waals surface area contributed by atoms with Gasteiger partial charge in [-0.2, -0.15) is 0 Å². The van der Waals surface area contributed by atoms with E-state index in [2.05, 4.69) is 13.5 Å². The summed E-state index contributed by atoms with van der Waals surface area (Å²) in [4.78, 5) is 0. The van der Waals surface area contributed by atoms with Crippen LogP contribution in [-0.4, -0.2) is 30.0 Å². The van der Waals surface area contributed by atoms with Crippen LogP contribution in [0.25, 0.3) is 0 Å². The maximum absolute atomic E-state index is 8.35. The first-order valence-electron chi connectivity index (χ1n) is 5.73. The van der Waals surface area contributed by atoms with E-state index >= 15 is 0 Å². The Morgan fingerprint density at radius 2 is 1.59 bits per heavy atom. The predicted molar refractivity (Wildman–Crippen MR) is 69.2 cm³/mol. The fourth-order valence-corrected chi connectivity index (χ4v) is 0.643. The fraction of sp³-hybridized carbons (Fsp3) is 0.538. The average molecular weight is 244 g/mol. The molecular formula is C13H24O4. The second-order valence-electron chi connectivity index (χ2n) is 2.94. The molecule has 0 saturated heterocycles. The number of hydrogen-bond donors (Lipinski definition) is 2. The van der Waals surface area contributed by atoms with Crippen LogP contribution in [0.4, 0.5) is 0 Å². The molecule has 0 heterocycles. The topological polar surface area (TPSA) is 58.9 Å². The molecule has 0 bridgehead atoms. The van der Waals surface area contributed by atoms with Crippen molar-refractivity contribution in [2.24, 2.45) is 0 Å². The Kier molecular flexibility index (Phi) is 21.5. The van der Waals surface area contributed by atoms with E-state index < -0.39 is 0 Å². The summed E-state index contributed by atoms with van der Waals surface area (Å²) in [7, 11) is 0. The fourth-order valence-electron chi connectivity index (χ4n) is 0.643. The van der Waals surface area contributed by atoms with Gasteiger partial charge in [-0.25, -0.2) is 0 Å². The molecule has 0 aliphatic carbocycles. The standard InChI is InChI=1S/C8H14O3.C5H10O/c9-5-1-3-7-11-8-4-2-6-10;1-3-5-6-4-2/h3-4,7-10H,1-2,5-6H2;4H,2-3,5H2,1H3. The van der Waals surface area contributed by atoms with Crippen molar-refractivity contribution >= 4 is 0 Å². The number of ether oxygens (including phenoxy) is 2. The molecule has 0 radical (unpaired) electrons. The summed E-state index contributed by atoms with van der Waals surface area (Å²) in [6.45, 7) is 6.51. The van der Waals surface area contributed by atoms with E-state index in [-0.39, 0.29) is 13.2 Å². The van der Waals surface area contributed by atoms with Crippen LogP contribution in [0.5, 0.6) is 0 Å². The highest BCUT2D eigenvalue weighted by Gasteiger charge is 1.74. The lowest BCUT2D eigenvalue weighted by atomic mass is 10.4. The van der Waals surface area contributed by atoms with Gasteiger partial charge in [-0.1, -0.05) is 13.5 Å². The third-order valence-electron chi connectivity index (χ3n) is 1.38. The molecule has 0 aromatic heterocycles. The van der Waals surface area contributed by atoms with Crippen LogP contribution >= 0.6 is 0 Å². The Morgan fingerprint density at radius 3 is 1.88 bits per heavy atom. The van der Waals surface area contributed by atoms with E-state index in [1.54, 1.807) is 12.2 Å². The maximum Gasteiger partial charge on any atom is 0.0870 e. The zero-order valence-electron chi connectivity index (χ0n) is 10.5. The van der Waals surface area contributed by atoms with Gasteiger partial charge in [0.2, 0.25) is 0 Å². The third-order valence-corrected chi connectivity index (χ3v) is 1.38. The maximum atomic E-state index is 8.35. The Balaban J connectivity index is 0. The average Bonchev–Trinajstić information content (AvgIpc) is 2.36. The van der Waals surface area contributed by atoms with Crippen LogP contribution in [-0.2, 0) is 9.47 Å². The van der Waals surface area contributed by atoms with Gasteiger partial charge < -0.3 is 19.7 Å². The Labute approximate surface area is 104 Å². The Hall–Kier alpha value is -1.26. The number of aliphatic hydroxyl groups is 2. The van der Waals surface area contributed by atoms with Crippen molar-refractivity contribution < 1.29 is 19.7 Å². The summed E-state index contributed by atoms with van der Waals surface area (Å²) in [6.07, 6.45) is 10.2. The minimum absolute atomic E-state index is 0.139. The molecule has 2 N–H and O–H groups in total. The van der Waals surface area contributed by atoms with Crippen molar-refractivity contribution in [1.82, 2.24) is 0 Å². The summed E-state index contributed by atoms with van der Waals surface area (Å²) in [6, 6.07) is 0. The normalized spacial score (nSPS) is 10.1. The van der Waals surface area contributed by atoms with Gasteiger partial charge in [0.05, 0.1) is 25.4 Å². The number of hydrogen-bond acceptors (Lipinski definition) is 4. The minimum atomic E-state index is 0.139. The van der Waals surface area contributed by atoms with Gasteiger partial charge >= 0.3 is 0 Å². The van der Waals surface area contributed by atoms with Crippen molar-refractivity contribution in [3.8, 4) is 0 Å². The van der Waals surface area contributed by atoms with E-state index in [9.17, 15) is 0 Å². The summed E-state index contributed by atoms with van der Waals surface area (Å²) < 4.78 is 9.60. The molecule has 0 spiro atoms.